The van der Waals surface area contributed by atoms with Crippen molar-refractivity contribution in [3.05, 3.63) is 203 Å². The van der Waals surface area contributed by atoms with Crippen LogP contribution in [0, 0.1) is 13.8 Å². The molecule has 0 saturated carbocycles. The Bertz CT molecular complexity index is 4360. The van der Waals surface area contributed by atoms with Gasteiger partial charge in [-0.25, -0.2) is 0 Å². The van der Waals surface area contributed by atoms with Crippen molar-refractivity contribution < 1.29 is 4.42 Å². The number of furan rings is 1. The quantitative estimate of drug-likeness (QED) is 0.164. The lowest BCUT2D eigenvalue weighted by Gasteiger charge is -2.46. The maximum atomic E-state index is 6.49. The van der Waals surface area contributed by atoms with Crippen LogP contribution in [0.4, 0.5) is 34.1 Å². The van der Waals surface area contributed by atoms with Crippen molar-refractivity contribution in [2.24, 2.45) is 0 Å². The molecule has 2 aliphatic heterocycles. The molecule has 0 saturated heterocycles. The number of aromatic nitrogens is 1. The number of para-hydroxylation sites is 1. The zero-order valence-corrected chi connectivity index (χ0v) is 50.9. The van der Waals surface area contributed by atoms with E-state index in [1.165, 1.54) is 117 Å². The third-order valence-electron chi connectivity index (χ3n) is 18.0. The van der Waals surface area contributed by atoms with Crippen LogP contribution < -0.4 is 26.2 Å². The zero-order valence-electron chi connectivity index (χ0n) is 50.9. The molecular formula is C76H78BN3O. The molecule has 5 heteroatoms. The fourth-order valence-electron chi connectivity index (χ4n) is 13.3. The lowest BCUT2D eigenvalue weighted by atomic mass is 9.33. The summed E-state index contributed by atoms with van der Waals surface area (Å²) in [6.07, 6.45) is 0. The first-order chi connectivity index (χ1) is 38.1. The van der Waals surface area contributed by atoms with Crippen LogP contribution in [0.5, 0.6) is 0 Å². The van der Waals surface area contributed by atoms with Gasteiger partial charge in [-0.2, -0.15) is 0 Å². The summed E-state index contributed by atoms with van der Waals surface area (Å²) in [4.78, 5) is 5.29. The maximum Gasteiger partial charge on any atom is 0.252 e. The van der Waals surface area contributed by atoms with E-state index >= 15 is 0 Å². The Morgan fingerprint density at radius 1 is 0.346 bits per heavy atom. The Kier molecular flexibility index (Phi) is 11.6. The van der Waals surface area contributed by atoms with Gasteiger partial charge in [0.25, 0.3) is 6.71 Å². The molecule has 0 atom stereocenters. The molecule has 0 amide bonds. The summed E-state index contributed by atoms with van der Waals surface area (Å²) in [6, 6.07) is 63.6. The Balaban J connectivity index is 1.15. The lowest BCUT2D eigenvalue weighted by Crippen LogP contribution is -2.61. The maximum absolute atomic E-state index is 6.49. The first-order valence-electron chi connectivity index (χ1n) is 29.4. The number of hydrogen-bond donors (Lipinski definition) is 0. The summed E-state index contributed by atoms with van der Waals surface area (Å²) in [6.45, 7) is 39.6. The second-order valence-electron chi connectivity index (χ2n) is 28.9. The molecule has 0 bridgehead atoms. The molecule has 0 spiro atoms. The van der Waals surface area contributed by atoms with Gasteiger partial charge in [0.15, 0.2) is 0 Å². The highest BCUT2D eigenvalue weighted by molar-refractivity contribution is 7.00. The molecule has 0 unspecified atom stereocenters. The summed E-state index contributed by atoms with van der Waals surface area (Å²) in [5.41, 5.74) is 27.8. The number of anilines is 6. The smallest absolute Gasteiger partial charge is 0.252 e. The summed E-state index contributed by atoms with van der Waals surface area (Å²) >= 11 is 0. The third-order valence-corrected chi connectivity index (χ3v) is 18.0. The van der Waals surface area contributed by atoms with E-state index < -0.39 is 0 Å². The van der Waals surface area contributed by atoms with Crippen LogP contribution >= 0.6 is 0 Å². The molecule has 0 N–H and O–H groups in total. The highest BCUT2D eigenvalue weighted by atomic mass is 16.3. The molecule has 4 nitrogen and oxygen atoms in total. The van der Waals surface area contributed by atoms with Gasteiger partial charge in [0.2, 0.25) is 0 Å². The number of aryl methyl sites for hydroxylation is 2. The Hall–Kier alpha value is -7.76. The van der Waals surface area contributed by atoms with E-state index in [4.69, 9.17) is 4.42 Å². The van der Waals surface area contributed by atoms with Gasteiger partial charge < -0.3 is 18.8 Å². The normalized spacial score (nSPS) is 13.9. The van der Waals surface area contributed by atoms with E-state index in [1.807, 2.05) is 6.07 Å². The topological polar surface area (TPSA) is 24.6 Å². The van der Waals surface area contributed by atoms with E-state index in [0.717, 1.165) is 33.2 Å². The predicted octanol–water partition coefficient (Wildman–Crippen LogP) is 19.5. The van der Waals surface area contributed by atoms with Crippen molar-refractivity contribution in [3.8, 4) is 16.8 Å². The molecular weight excluding hydrogens is 982 g/mol. The number of nitrogens with zero attached hydrogens (tertiary/aromatic N) is 3. The molecule has 2 aromatic heterocycles. The van der Waals surface area contributed by atoms with E-state index in [9.17, 15) is 0 Å². The van der Waals surface area contributed by atoms with E-state index in [1.54, 1.807) is 0 Å². The summed E-state index contributed by atoms with van der Waals surface area (Å²) in [5, 5.41) is 4.83. The molecule has 81 heavy (non-hydrogen) atoms. The molecule has 0 aliphatic carbocycles. The monoisotopic (exact) mass is 1060 g/mol. The van der Waals surface area contributed by atoms with Crippen molar-refractivity contribution in [1.29, 1.82) is 0 Å². The number of benzene rings is 9. The number of rotatable bonds is 4. The fraction of sp³-hybridized carbons (Fsp3) is 0.289. The summed E-state index contributed by atoms with van der Waals surface area (Å²) < 4.78 is 9.03. The summed E-state index contributed by atoms with van der Waals surface area (Å²) in [7, 11) is 0. The van der Waals surface area contributed by atoms with Gasteiger partial charge in [-0.05, 0) is 198 Å². The second kappa shape index (κ2) is 17.9. The van der Waals surface area contributed by atoms with Crippen LogP contribution in [0.1, 0.15) is 143 Å². The Morgan fingerprint density at radius 3 is 1.47 bits per heavy atom. The van der Waals surface area contributed by atoms with Crippen LogP contribution in [0.15, 0.2) is 168 Å². The average Bonchev–Trinajstić information content (AvgIpc) is 3.62. The Morgan fingerprint density at radius 2 is 0.852 bits per heavy atom. The number of fused-ring (bicyclic) bond motifs is 10. The molecule has 2 aliphatic rings. The van der Waals surface area contributed by atoms with Gasteiger partial charge in [0.05, 0.1) is 16.7 Å². The largest absolute Gasteiger partial charge is 0.456 e. The highest BCUT2D eigenvalue weighted by Gasteiger charge is 2.45. The minimum absolute atomic E-state index is 0.0157. The van der Waals surface area contributed by atoms with Crippen molar-refractivity contribution >= 4 is 101 Å². The van der Waals surface area contributed by atoms with Crippen molar-refractivity contribution in [2.75, 3.05) is 9.80 Å². The Labute approximate surface area is 481 Å². The van der Waals surface area contributed by atoms with Gasteiger partial charge in [-0.15, -0.1) is 0 Å². The summed E-state index contributed by atoms with van der Waals surface area (Å²) in [5.74, 6) is 0. The van der Waals surface area contributed by atoms with Gasteiger partial charge in [-0.1, -0.05) is 177 Å². The van der Waals surface area contributed by atoms with E-state index in [2.05, 4.69) is 290 Å². The zero-order chi connectivity index (χ0) is 57.2. The van der Waals surface area contributed by atoms with Crippen molar-refractivity contribution in [2.45, 2.75) is 145 Å². The van der Waals surface area contributed by atoms with Crippen LogP contribution in [0.3, 0.4) is 0 Å². The van der Waals surface area contributed by atoms with Crippen LogP contribution in [-0.2, 0) is 27.1 Å². The first-order valence-corrected chi connectivity index (χ1v) is 29.4. The van der Waals surface area contributed by atoms with E-state index in [-0.39, 0.29) is 33.8 Å². The highest BCUT2D eigenvalue weighted by Crippen LogP contribution is 2.50. The minimum Gasteiger partial charge on any atom is -0.456 e. The van der Waals surface area contributed by atoms with Gasteiger partial charge in [-0.3, -0.25) is 0 Å². The molecule has 0 fully saturated rings. The van der Waals surface area contributed by atoms with Crippen LogP contribution in [0.2, 0.25) is 0 Å². The van der Waals surface area contributed by atoms with Crippen molar-refractivity contribution in [1.82, 2.24) is 4.57 Å². The van der Waals surface area contributed by atoms with Gasteiger partial charge in [0, 0.05) is 55.7 Å². The molecule has 11 aromatic rings. The average molecular weight is 1060 g/mol. The third kappa shape index (κ3) is 8.55. The molecule has 0 radical (unpaired) electrons. The second-order valence-corrected chi connectivity index (χ2v) is 28.9. The first kappa shape index (κ1) is 52.6. The fourth-order valence-corrected chi connectivity index (χ4v) is 13.3. The standard InChI is InChI=1S/C76H78BN3O/c1-45-36-48(47-22-33-57-56-20-18-19-21-68(56)81-69(57)38-47)37-46(2)71(45)80-65-44-63-59(58-39-51(74(9,10)11)28-35-62(58)78(63)54-29-23-49(24-30-54)72(3,4)5)43-61(65)77-60-34-27-52(75(12,13)14)40-64(60)79(55-31-25-50(26-32-55)73(6,7)8)66-41-53(76(15,16)17)42-67(80)70(66)77/h18-44H,1-17H3. The lowest BCUT2D eigenvalue weighted by molar-refractivity contribution is 0.589. The number of hydrogen-bond acceptors (Lipinski definition) is 3. The SMILES string of the molecule is Cc1cc(-c2ccc3c(c2)oc2ccccc23)cc(C)c1N1c2cc3c(cc2B2c4ccc(C(C)(C)C)cc4N(c4ccc(C(C)(C)C)cc4)c4cc(C(C)(C)C)cc1c42)c1cc(C(C)(C)C)ccc1n3-c1ccc(C(C)(C)C)cc1. The molecule has 4 heterocycles. The minimum atomic E-state index is -0.175. The molecule has 9 aromatic carbocycles. The van der Waals surface area contributed by atoms with Gasteiger partial charge >= 0.3 is 0 Å². The molecule has 13 rings (SSSR count). The van der Waals surface area contributed by atoms with Crippen LogP contribution in [0.25, 0.3) is 60.6 Å². The molecule has 406 valence electrons. The van der Waals surface area contributed by atoms with E-state index in [0.29, 0.717) is 0 Å². The van der Waals surface area contributed by atoms with Crippen molar-refractivity contribution in [3.63, 3.8) is 0 Å². The van der Waals surface area contributed by atoms with Gasteiger partial charge in [0.1, 0.15) is 11.2 Å². The predicted molar refractivity (Wildman–Crippen MR) is 350 cm³/mol. The van der Waals surface area contributed by atoms with Crippen LogP contribution in [-0.4, -0.2) is 11.3 Å².